The Bertz CT molecular complexity index is 978. The Morgan fingerprint density at radius 1 is 1.08 bits per heavy atom. The van der Waals surface area contributed by atoms with Gasteiger partial charge in [-0.3, -0.25) is 14.0 Å². The molecule has 2 amide bonds. The molecule has 2 heterocycles. The summed E-state index contributed by atoms with van der Waals surface area (Å²) < 4.78 is 1.58. The number of fused-ring (bicyclic) bond motifs is 1. The van der Waals surface area contributed by atoms with E-state index in [1.807, 2.05) is 13.8 Å². The van der Waals surface area contributed by atoms with Gasteiger partial charge in [0.2, 0.25) is 5.82 Å². The third kappa shape index (κ3) is 3.81. The molecule has 0 aliphatic rings. The Morgan fingerprint density at radius 3 is 2.42 bits per heavy atom. The van der Waals surface area contributed by atoms with Gasteiger partial charge in [-0.15, -0.1) is 0 Å². The van der Waals surface area contributed by atoms with Crippen LogP contribution in [0.4, 0.5) is 5.69 Å². The molecule has 0 unspecified atom stereocenters. The Labute approximate surface area is 160 Å². The molecule has 3 rings (SSSR count). The van der Waals surface area contributed by atoms with Gasteiger partial charge in [0.1, 0.15) is 0 Å². The molecular formula is C18H16Cl2N4O2. The molecule has 2 N–H and O–H groups in total. The van der Waals surface area contributed by atoms with Gasteiger partial charge in [-0.25, -0.2) is 4.98 Å². The minimum atomic E-state index is -0.462. The van der Waals surface area contributed by atoms with Crippen LogP contribution in [0.1, 0.15) is 35.0 Å². The van der Waals surface area contributed by atoms with Crippen LogP contribution in [0.25, 0.3) is 5.52 Å². The first kappa shape index (κ1) is 18.2. The Morgan fingerprint density at radius 2 is 1.77 bits per heavy atom. The number of halogens is 2. The predicted molar refractivity (Wildman–Crippen MR) is 102 cm³/mol. The van der Waals surface area contributed by atoms with Crippen molar-refractivity contribution in [3.63, 3.8) is 0 Å². The second-order valence-electron chi connectivity index (χ2n) is 5.98. The van der Waals surface area contributed by atoms with Gasteiger partial charge in [0.25, 0.3) is 11.8 Å². The second-order valence-corrected chi connectivity index (χ2v) is 6.85. The third-order valence-electron chi connectivity index (χ3n) is 3.51. The zero-order valence-corrected chi connectivity index (χ0v) is 15.6. The van der Waals surface area contributed by atoms with E-state index in [0.717, 1.165) is 0 Å². The summed E-state index contributed by atoms with van der Waals surface area (Å²) in [5.74, 6) is -0.676. The number of hydrogen-bond acceptors (Lipinski definition) is 3. The maximum atomic E-state index is 12.7. The van der Waals surface area contributed by atoms with Gasteiger partial charge < -0.3 is 10.6 Å². The molecule has 0 radical (unpaired) electrons. The summed E-state index contributed by atoms with van der Waals surface area (Å²) in [6.45, 7) is 3.70. The molecule has 26 heavy (non-hydrogen) atoms. The number of rotatable bonds is 4. The molecule has 0 atom stereocenters. The maximum absolute atomic E-state index is 12.7. The van der Waals surface area contributed by atoms with E-state index in [1.165, 1.54) is 0 Å². The highest BCUT2D eigenvalue weighted by atomic mass is 35.5. The van der Waals surface area contributed by atoms with Gasteiger partial charge in [0, 0.05) is 28.0 Å². The highest BCUT2D eigenvalue weighted by Gasteiger charge is 2.22. The van der Waals surface area contributed by atoms with Crippen molar-refractivity contribution in [1.82, 2.24) is 14.7 Å². The summed E-state index contributed by atoms with van der Waals surface area (Å²) in [4.78, 5) is 29.4. The number of nitrogens with one attached hydrogen (secondary N) is 2. The van der Waals surface area contributed by atoms with Crippen molar-refractivity contribution >= 4 is 46.2 Å². The molecule has 0 aliphatic carbocycles. The van der Waals surface area contributed by atoms with Crippen LogP contribution in [-0.2, 0) is 0 Å². The van der Waals surface area contributed by atoms with E-state index in [2.05, 4.69) is 15.6 Å². The molecule has 0 fully saturated rings. The van der Waals surface area contributed by atoms with Crippen molar-refractivity contribution in [2.45, 2.75) is 19.9 Å². The lowest BCUT2D eigenvalue weighted by Gasteiger charge is -2.06. The van der Waals surface area contributed by atoms with Gasteiger partial charge in [-0.05, 0) is 44.2 Å². The molecule has 0 bridgehead atoms. The van der Waals surface area contributed by atoms with E-state index < -0.39 is 5.91 Å². The van der Waals surface area contributed by atoms with Crippen LogP contribution in [0, 0.1) is 0 Å². The van der Waals surface area contributed by atoms with Crippen LogP contribution < -0.4 is 10.6 Å². The molecule has 0 aliphatic heterocycles. The van der Waals surface area contributed by atoms with Crippen molar-refractivity contribution in [1.29, 1.82) is 0 Å². The number of benzene rings is 1. The van der Waals surface area contributed by atoms with Gasteiger partial charge in [0.15, 0.2) is 5.69 Å². The molecule has 134 valence electrons. The lowest BCUT2D eigenvalue weighted by Crippen LogP contribution is -2.31. The Kier molecular flexibility index (Phi) is 5.15. The minimum absolute atomic E-state index is 0.0514. The first-order valence-electron chi connectivity index (χ1n) is 7.90. The predicted octanol–water partition coefficient (Wildman–Crippen LogP) is 4.03. The summed E-state index contributed by atoms with van der Waals surface area (Å²) in [7, 11) is 0. The van der Waals surface area contributed by atoms with E-state index in [-0.39, 0.29) is 23.5 Å². The molecule has 0 spiro atoms. The number of pyridine rings is 1. The van der Waals surface area contributed by atoms with Crippen LogP contribution in [0.5, 0.6) is 0 Å². The molecule has 0 saturated carbocycles. The minimum Gasteiger partial charge on any atom is -0.347 e. The van der Waals surface area contributed by atoms with Gasteiger partial charge in [-0.2, -0.15) is 0 Å². The van der Waals surface area contributed by atoms with Crippen LogP contribution >= 0.6 is 23.2 Å². The second kappa shape index (κ2) is 7.35. The number of amides is 2. The number of carbonyl (C=O) groups excluding carboxylic acids is 2. The molecule has 8 heteroatoms. The zero-order valence-electron chi connectivity index (χ0n) is 14.1. The number of nitrogens with zero attached hydrogens (tertiary/aromatic N) is 2. The van der Waals surface area contributed by atoms with Gasteiger partial charge in [0.05, 0.1) is 5.52 Å². The lowest BCUT2D eigenvalue weighted by molar-refractivity contribution is 0.0932. The third-order valence-corrected chi connectivity index (χ3v) is 3.94. The quantitative estimate of drug-likeness (QED) is 0.705. The number of anilines is 1. The molecule has 2 aromatic heterocycles. The summed E-state index contributed by atoms with van der Waals surface area (Å²) in [5.41, 5.74) is 1.10. The molecular weight excluding hydrogens is 375 g/mol. The van der Waals surface area contributed by atoms with E-state index in [1.54, 1.807) is 47.0 Å². The summed E-state index contributed by atoms with van der Waals surface area (Å²) in [5, 5.41) is 6.29. The number of imidazole rings is 1. The van der Waals surface area contributed by atoms with Crippen molar-refractivity contribution in [3.05, 3.63) is 64.2 Å². The van der Waals surface area contributed by atoms with Crippen molar-refractivity contribution < 1.29 is 9.59 Å². The van der Waals surface area contributed by atoms with E-state index in [9.17, 15) is 9.59 Å². The fourth-order valence-electron chi connectivity index (χ4n) is 2.51. The standard InChI is InChI=1S/C18H16Cl2N4O2/c1-10(2)21-18(26)16-23-15(14-5-3-4-6-24(14)16)17(25)22-13-8-11(19)7-12(20)9-13/h3-10H,1-2H3,(H,21,26)(H,22,25). The van der Waals surface area contributed by atoms with Crippen molar-refractivity contribution in [2.75, 3.05) is 5.32 Å². The number of aromatic nitrogens is 2. The lowest BCUT2D eigenvalue weighted by atomic mass is 10.3. The SMILES string of the molecule is CC(C)NC(=O)c1nc(C(=O)Nc2cc(Cl)cc(Cl)c2)c2ccccn12. The highest BCUT2D eigenvalue weighted by molar-refractivity contribution is 6.35. The topological polar surface area (TPSA) is 75.5 Å². The number of hydrogen-bond donors (Lipinski definition) is 2. The molecule has 6 nitrogen and oxygen atoms in total. The van der Waals surface area contributed by atoms with E-state index >= 15 is 0 Å². The normalized spacial score (nSPS) is 11.0. The van der Waals surface area contributed by atoms with Gasteiger partial charge >= 0.3 is 0 Å². The maximum Gasteiger partial charge on any atom is 0.287 e. The van der Waals surface area contributed by atoms with Crippen molar-refractivity contribution in [2.24, 2.45) is 0 Å². The van der Waals surface area contributed by atoms with E-state index in [4.69, 9.17) is 23.2 Å². The van der Waals surface area contributed by atoms with Crippen LogP contribution in [-0.4, -0.2) is 27.2 Å². The number of carbonyl (C=O) groups is 2. The fraction of sp³-hybridized carbons (Fsp3) is 0.167. The van der Waals surface area contributed by atoms with Crippen LogP contribution in [0.2, 0.25) is 10.0 Å². The Balaban J connectivity index is 1.99. The fourth-order valence-corrected chi connectivity index (χ4v) is 3.03. The average Bonchev–Trinajstić information content (AvgIpc) is 2.93. The Hall–Kier alpha value is -2.57. The average molecular weight is 391 g/mol. The van der Waals surface area contributed by atoms with Gasteiger partial charge in [-0.1, -0.05) is 29.3 Å². The van der Waals surface area contributed by atoms with Crippen LogP contribution in [0.3, 0.4) is 0 Å². The highest BCUT2D eigenvalue weighted by Crippen LogP contribution is 2.23. The smallest absolute Gasteiger partial charge is 0.287 e. The largest absolute Gasteiger partial charge is 0.347 e. The summed E-state index contributed by atoms with van der Waals surface area (Å²) in [6, 6.07) is 9.93. The van der Waals surface area contributed by atoms with Crippen LogP contribution in [0.15, 0.2) is 42.6 Å². The van der Waals surface area contributed by atoms with E-state index in [0.29, 0.717) is 21.2 Å². The first-order valence-corrected chi connectivity index (χ1v) is 8.66. The summed E-state index contributed by atoms with van der Waals surface area (Å²) in [6.07, 6.45) is 1.69. The monoisotopic (exact) mass is 390 g/mol. The summed E-state index contributed by atoms with van der Waals surface area (Å²) >= 11 is 11.9. The zero-order chi connectivity index (χ0) is 18.8. The first-order chi connectivity index (χ1) is 12.3. The molecule has 1 aromatic carbocycles. The van der Waals surface area contributed by atoms with Crippen molar-refractivity contribution in [3.8, 4) is 0 Å². The molecule has 0 saturated heterocycles. The molecule has 3 aromatic rings.